The van der Waals surface area contributed by atoms with Crippen molar-refractivity contribution in [3.63, 3.8) is 0 Å². The van der Waals surface area contributed by atoms with E-state index in [9.17, 15) is 9.59 Å². The van der Waals surface area contributed by atoms with Crippen molar-refractivity contribution in [1.82, 2.24) is 4.40 Å². The highest BCUT2D eigenvalue weighted by Crippen LogP contribution is 2.32. The molecule has 3 rings (SSSR count). The molecule has 3 aromatic rings. The van der Waals surface area contributed by atoms with Crippen LogP contribution in [0.3, 0.4) is 0 Å². The van der Waals surface area contributed by atoms with Crippen molar-refractivity contribution in [2.75, 3.05) is 13.7 Å². The van der Waals surface area contributed by atoms with Gasteiger partial charge in [-0.2, -0.15) is 0 Å². The predicted octanol–water partition coefficient (Wildman–Crippen LogP) is 3.98. The predicted molar refractivity (Wildman–Crippen MR) is 97.6 cm³/mol. The number of nitrogens with zero attached hydrogens (tertiary/aromatic N) is 1. The number of methoxy groups -OCH3 is 1. The number of fused-ring (bicyclic) bond motifs is 1. The van der Waals surface area contributed by atoms with E-state index in [2.05, 4.69) is 6.92 Å². The van der Waals surface area contributed by atoms with Crippen molar-refractivity contribution >= 4 is 28.4 Å². The van der Waals surface area contributed by atoms with Crippen LogP contribution >= 0.6 is 11.3 Å². The zero-order valence-electron chi connectivity index (χ0n) is 14.2. The largest absolute Gasteiger partial charge is 0.494 e. The fraction of sp³-hybridized carbons (Fsp3) is 0.263. The van der Waals surface area contributed by atoms with Gasteiger partial charge in [-0.3, -0.25) is 9.59 Å². The number of aromatic nitrogens is 1. The molecular formula is C19H19NO4S. The molecule has 0 aliphatic carbocycles. The van der Waals surface area contributed by atoms with E-state index in [-0.39, 0.29) is 12.4 Å². The Bertz CT molecular complexity index is 892. The van der Waals surface area contributed by atoms with E-state index in [1.165, 1.54) is 18.4 Å². The number of carbonyl (C=O) groups is 2. The van der Waals surface area contributed by atoms with Crippen LogP contribution in [0.15, 0.2) is 35.7 Å². The third kappa shape index (κ3) is 3.44. The minimum absolute atomic E-state index is 0.134. The van der Waals surface area contributed by atoms with Gasteiger partial charge >= 0.3 is 5.97 Å². The highest BCUT2D eigenvalue weighted by molar-refractivity contribution is 7.15. The van der Waals surface area contributed by atoms with Gasteiger partial charge in [0, 0.05) is 16.6 Å². The summed E-state index contributed by atoms with van der Waals surface area (Å²) in [4.78, 5) is 24.2. The molecule has 2 aromatic heterocycles. The fourth-order valence-electron chi connectivity index (χ4n) is 2.70. The lowest BCUT2D eigenvalue weighted by molar-refractivity contribution is -0.139. The lowest BCUT2D eigenvalue weighted by Gasteiger charge is -2.06. The first-order chi connectivity index (χ1) is 12.2. The molecule has 0 N–H and O–H groups in total. The number of hydrogen-bond donors (Lipinski definition) is 0. The monoisotopic (exact) mass is 357 g/mol. The molecular weight excluding hydrogens is 338 g/mol. The quantitative estimate of drug-likeness (QED) is 0.474. The molecule has 0 unspecified atom stereocenters. The molecule has 0 aliphatic heterocycles. The van der Waals surface area contributed by atoms with Crippen LogP contribution < -0.4 is 4.74 Å². The number of esters is 1. The second kappa shape index (κ2) is 7.53. The highest BCUT2D eigenvalue weighted by atomic mass is 32.1. The van der Waals surface area contributed by atoms with Gasteiger partial charge in [0.15, 0.2) is 6.29 Å². The van der Waals surface area contributed by atoms with Crippen LogP contribution in [0.25, 0.3) is 16.0 Å². The van der Waals surface area contributed by atoms with Gasteiger partial charge in [0.05, 0.1) is 25.8 Å². The van der Waals surface area contributed by atoms with E-state index in [0.29, 0.717) is 12.3 Å². The smallest absolute Gasteiger partial charge is 0.311 e. The Balaban J connectivity index is 1.99. The molecule has 2 heterocycles. The Labute approximate surface area is 149 Å². The summed E-state index contributed by atoms with van der Waals surface area (Å²) >= 11 is 1.50. The second-order valence-corrected chi connectivity index (χ2v) is 6.48. The van der Waals surface area contributed by atoms with E-state index in [0.717, 1.165) is 40.1 Å². The molecule has 0 fully saturated rings. The summed E-state index contributed by atoms with van der Waals surface area (Å²) in [6, 6.07) is 9.66. The van der Waals surface area contributed by atoms with Crippen LogP contribution in [0.1, 0.15) is 29.5 Å². The van der Waals surface area contributed by atoms with Crippen molar-refractivity contribution in [2.45, 2.75) is 19.8 Å². The number of ether oxygens (including phenoxy) is 2. The number of hydrogen-bond acceptors (Lipinski definition) is 5. The van der Waals surface area contributed by atoms with Crippen molar-refractivity contribution in [3.05, 3.63) is 47.1 Å². The van der Waals surface area contributed by atoms with Gasteiger partial charge in [-0.15, -0.1) is 11.3 Å². The first kappa shape index (κ1) is 17.2. The standard InChI is InChI=1S/C19H19NO4S/c1-3-8-24-15-6-4-13(5-7-15)16-10-18-20(17(16)11-21)14(12-25-18)9-19(22)23-2/h4-7,10-12H,3,8-9H2,1-2H3. The molecule has 0 radical (unpaired) electrons. The molecule has 0 saturated carbocycles. The normalized spacial score (nSPS) is 10.8. The molecule has 0 bridgehead atoms. The third-order valence-electron chi connectivity index (χ3n) is 3.91. The number of thiazole rings is 1. The van der Waals surface area contributed by atoms with Gasteiger partial charge in [-0.05, 0) is 30.2 Å². The summed E-state index contributed by atoms with van der Waals surface area (Å²) in [6.45, 7) is 2.74. The van der Waals surface area contributed by atoms with Crippen molar-refractivity contribution < 1.29 is 19.1 Å². The molecule has 5 nitrogen and oxygen atoms in total. The maximum absolute atomic E-state index is 11.7. The lowest BCUT2D eigenvalue weighted by atomic mass is 10.1. The van der Waals surface area contributed by atoms with E-state index >= 15 is 0 Å². The Kier molecular flexibility index (Phi) is 5.19. The molecule has 0 spiro atoms. The number of benzene rings is 1. The molecule has 0 atom stereocenters. The minimum atomic E-state index is -0.329. The van der Waals surface area contributed by atoms with Crippen LogP contribution in [0.4, 0.5) is 0 Å². The SMILES string of the molecule is CCCOc1ccc(-c2cc3scc(CC(=O)OC)n3c2C=O)cc1. The number of rotatable bonds is 7. The Morgan fingerprint density at radius 2 is 2.04 bits per heavy atom. The number of aldehydes is 1. The van der Waals surface area contributed by atoms with Crippen LogP contribution in [0, 0.1) is 0 Å². The van der Waals surface area contributed by atoms with Gasteiger partial charge in [-0.25, -0.2) is 0 Å². The summed E-state index contributed by atoms with van der Waals surface area (Å²) in [5, 5.41) is 1.88. The zero-order valence-corrected chi connectivity index (χ0v) is 15.0. The Morgan fingerprint density at radius 3 is 2.68 bits per heavy atom. The first-order valence-corrected chi connectivity index (χ1v) is 8.93. The van der Waals surface area contributed by atoms with Crippen LogP contribution in [0.2, 0.25) is 0 Å². The average Bonchev–Trinajstić information content (AvgIpc) is 3.20. The van der Waals surface area contributed by atoms with Gasteiger partial charge < -0.3 is 13.9 Å². The fourth-order valence-corrected chi connectivity index (χ4v) is 3.66. The summed E-state index contributed by atoms with van der Waals surface area (Å²) in [5.74, 6) is 0.481. The maximum atomic E-state index is 11.7. The Morgan fingerprint density at radius 1 is 1.28 bits per heavy atom. The molecule has 25 heavy (non-hydrogen) atoms. The van der Waals surface area contributed by atoms with Gasteiger partial charge in [0.2, 0.25) is 0 Å². The van der Waals surface area contributed by atoms with Crippen molar-refractivity contribution in [3.8, 4) is 16.9 Å². The molecule has 0 amide bonds. The number of carbonyl (C=O) groups excluding carboxylic acids is 2. The third-order valence-corrected chi connectivity index (χ3v) is 4.84. The summed E-state index contributed by atoms with van der Waals surface area (Å²) in [6.07, 6.45) is 1.92. The molecule has 130 valence electrons. The second-order valence-electron chi connectivity index (χ2n) is 5.59. The van der Waals surface area contributed by atoms with Crippen LogP contribution in [-0.2, 0) is 16.0 Å². The van der Waals surface area contributed by atoms with Crippen LogP contribution in [0.5, 0.6) is 5.75 Å². The summed E-state index contributed by atoms with van der Waals surface area (Å²) in [5.41, 5.74) is 3.07. The van der Waals surface area contributed by atoms with Gasteiger partial charge in [0.25, 0.3) is 0 Å². The summed E-state index contributed by atoms with van der Waals surface area (Å²) < 4.78 is 12.2. The van der Waals surface area contributed by atoms with Crippen molar-refractivity contribution in [1.29, 1.82) is 0 Å². The zero-order chi connectivity index (χ0) is 17.8. The van der Waals surface area contributed by atoms with E-state index in [1.807, 2.05) is 40.1 Å². The van der Waals surface area contributed by atoms with Gasteiger partial charge in [-0.1, -0.05) is 19.1 Å². The molecule has 6 heteroatoms. The van der Waals surface area contributed by atoms with Gasteiger partial charge in [0.1, 0.15) is 10.6 Å². The van der Waals surface area contributed by atoms with Crippen molar-refractivity contribution in [2.24, 2.45) is 0 Å². The lowest BCUT2D eigenvalue weighted by Crippen LogP contribution is -2.07. The Hall–Kier alpha value is -2.60. The highest BCUT2D eigenvalue weighted by Gasteiger charge is 2.17. The van der Waals surface area contributed by atoms with E-state index in [1.54, 1.807) is 0 Å². The molecule has 1 aromatic carbocycles. The molecule has 0 aliphatic rings. The van der Waals surface area contributed by atoms with Crippen LogP contribution in [-0.4, -0.2) is 30.4 Å². The minimum Gasteiger partial charge on any atom is -0.494 e. The van der Waals surface area contributed by atoms with E-state index in [4.69, 9.17) is 9.47 Å². The first-order valence-electron chi connectivity index (χ1n) is 8.05. The average molecular weight is 357 g/mol. The molecule has 0 saturated heterocycles. The summed E-state index contributed by atoms with van der Waals surface area (Å²) in [7, 11) is 1.36. The topological polar surface area (TPSA) is 57.0 Å². The maximum Gasteiger partial charge on any atom is 0.311 e. The van der Waals surface area contributed by atoms with E-state index < -0.39 is 0 Å².